The van der Waals surface area contributed by atoms with Crippen molar-refractivity contribution in [2.75, 3.05) is 37.0 Å². The van der Waals surface area contributed by atoms with E-state index in [2.05, 4.69) is 5.32 Å². The van der Waals surface area contributed by atoms with Gasteiger partial charge in [-0.2, -0.15) is 0 Å². The van der Waals surface area contributed by atoms with Crippen LogP contribution in [0.25, 0.3) is 0 Å². The number of benzene rings is 2. The molecular formula is C23H26ClN3O4. The fourth-order valence-corrected chi connectivity index (χ4v) is 3.86. The van der Waals surface area contributed by atoms with Crippen LogP contribution in [0.3, 0.4) is 0 Å². The molecule has 1 heterocycles. The zero-order valence-electron chi connectivity index (χ0n) is 17.9. The van der Waals surface area contributed by atoms with E-state index in [4.69, 9.17) is 16.3 Å². The van der Waals surface area contributed by atoms with Gasteiger partial charge in [0.25, 0.3) is 5.91 Å². The average Bonchev–Trinajstić information content (AvgIpc) is 3.16. The van der Waals surface area contributed by atoms with Crippen LogP contribution in [0.1, 0.15) is 30.6 Å². The van der Waals surface area contributed by atoms with Crippen LogP contribution in [-0.2, 0) is 9.59 Å². The average molecular weight is 444 g/mol. The van der Waals surface area contributed by atoms with Gasteiger partial charge in [0.1, 0.15) is 5.75 Å². The van der Waals surface area contributed by atoms with Crippen molar-refractivity contribution < 1.29 is 19.1 Å². The van der Waals surface area contributed by atoms with Crippen LogP contribution in [0.5, 0.6) is 5.75 Å². The van der Waals surface area contributed by atoms with Crippen LogP contribution in [0.4, 0.5) is 11.4 Å². The zero-order valence-corrected chi connectivity index (χ0v) is 18.6. The summed E-state index contributed by atoms with van der Waals surface area (Å²) in [5, 5.41) is 3.08. The maximum Gasteiger partial charge on any atom is 0.255 e. The summed E-state index contributed by atoms with van der Waals surface area (Å²) in [6.45, 7) is 5.26. The molecule has 1 aliphatic heterocycles. The minimum Gasteiger partial charge on any atom is -0.497 e. The molecule has 31 heavy (non-hydrogen) atoms. The number of carbonyl (C=O) groups excluding carboxylic acids is 3. The van der Waals surface area contributed by atoms with Crippen molar-refractivity contribution >= 4 is 40.7 Å². The number of amides is 3. The highest BCUT2D eigenvalue weighted by molar-refractivity contribution is 6.34. The highest BCUT2D eigenvalue weighted by Crippen LogP contribution is 2.29. The van der Waals surface area contributed by atoms with Gasteiger partial charge in [0.15, 0.2) is 0 Å². The number of nitrogens with zero attached hydrogens (tertiary/aromatic N) is 2. The predicted octanol–water partition coefficient (Wildman–Crippen LogP) is 3.82. The van der Waals surface area contributed by atoms with E-state index in [-0.39, 0.29) is 35.7 Å². The second kappa shape index (κ2) is 9.83. The molecule has 2 aromatic rings. The maximum absolute atomic E-state index is 12.8. The molecule has 7 nitrogen and oxygen atoms in total. The molecular weight excluding hydrogens is 418 g/mol. The van der Waals surface area contributed by atoms with Gasteiger partial charge in [-0.3, -0.25) is 14.4 Å². The molecule has 1 N–H and O–H groups in total. The van der Waals surface area contributed by atoms with Gasteiger partial charge in [-0.25, -0.2) is 0 Å². The smallest absolute Gasteiger partial charge is 0.255 e. The predicted molar refractivity (Wildman–Crippen MR) is 121 cm³/mol. The lowest BCUT2D eigenvalue weighted by Gasteiger charge is -2.20. The summed E-state index contributed by atoms with van der Waals surface area (Å²) in [7, 11) is 1.56. The van der Waals surface area contributed by atoms with Crippen molar-refractivity contribution in [3.05, 3.63) is 53.1 Å². The Morgan fingerprint density at radius 1 is 1.19 bits per heavy atom. The largest absolute Gasteiger partial charge is 0.497 e. The van der Waals surface area contributed by atoms with E-state index in [1.54, 1.807) is 53.3 Å². The van der Waals surface area contributed by atoms with E-state index in [1.807, 2.05) is 19.9 Å². The molecule has 1 unspecified atom stereocenters. The van der Waals surface area contributed by atoms with Crippen molar-refractivity contribution in [2.45, 2.75) is 20.3 Å². The normalized spacial score (nSPS) is 15.7. The van der Waals surface area contributed by atoms with Crippen LogP contribution >= 0.6 is 11.6 Å². The summed E-state index contributed by atoms with van der Waals surface area (Å²) in [5.41, 5.74) is 1.57. The van der Waals surface area contributed by atoms with Crippen LogP contribution in [0.2, 0.25) is 5.02 Å². The quantitative estimate of drug-likeness (QED) is 0.705. The summed E-state index contributed by atoms with van der Waals surface area (Å²) in [6.07, 6.45) is 0.120. The van der Waals surface area contributed by atoms with Gasteiger partial charge in [0, 0.05) is 43.5 Å². The molecule has 8 heteroatoms. The van der Waals surface area contributed by atoms with Gasteiger partial charge in [-0.15, -0.1) is 0 Å². The minimum atomic E-state index is -0.491. The van der Waals surface area contributed by atoms with Gasteiger partial charge < -0.3 is 19.9 Å². The Labute approximate surface area is 186 Å². The molecule has 1 atom stereocenters. The summed E-state index contributed by atoms with van der Waals surface area (Å²) < 4.78 is 5.21. The lowest BCUT2D eigenvalue weighted by Crippen LogP contribution is -2.30. The van der Waals surface area contributed by atoms with Crippen molar-refractivity contribution in [1.82, 2.24) is 4.90 Å². The Morgan fingerprint density at radius 3 is 2.58 bits per heavy atom. The molecule has 1 fully saturated rings. The van der Waals surface area contributed by atoms with Gasteiger partial charge in [-0.05, 0) is 44.2 Å². The number of halogens is 1. The van der Waals surface area contributed by atoms with E-state index >= 15 is 0 Å². The Kier molecular flexibility index (Phi) is 7.17. The van der Waals surface area contributed by atoms with Crippen molar-refractivity contribution in [2.24, 2.45) is 5.92 Å². The third-order valence-corrected chi connectivity index (χ3v) is 5.69. The van der Waals surface area contributed by atoms with Crippen molar-refractivity contribution in [3.63, 3.8) is 0 Å². The molecule has 1 saturated heterocycles. The minimum absolute atomic E-state index is 0.119. The number of nitrogens with one attached hydrogen (secondary N) is 1. The Morgan fingerprint density at radius 2 is 1.94 bits per heavy atom. The second-order valence-corrected chi connectivity index (χ2v) is 7.68. The summed E-state index contributed by atoms with van der Waals surface area (Å²) in [4.78, 5) is 41.0. The first-order chi connectivity index (χ1) is 14.9. The standard InChI is InChI=1S/C23H26ClN3O4/c1-4-26(5-2)23(30)19-10-9-16(12-20(19)24)25-22(29)15-11-21(28)27(14-15)17-7-6-8-18(13-17)31-3/h6-10,12-13,15H,4-5,11,14H2,1-3H3,(H,25,29). The molecule has 3 rings (SSSR count). The van der Waals surface area contributed by atoms with E-state index in [9.17, 15) is 14.4 Å². The maximum atomic E-state index is 12.8. The lowest BCUT2D eigenvalue weighted by molar-refractivity contribution is -0.122. The first kappa shape index (κ1) is 22.6. The van der Waals surface area contributed by atoms with E-state index < -0.39 is 5.92 Å². The highest BCUT2D eigenvalue weighted by atomic mass is 35.5. The summed E-state index contributed by atoms with van der Waals surface area (Å²) in [5.74, 6) is -0.380. The highest BCUT2D eigenvalue weighted by Gasteiger charge is 2.35. The van der Waals surface area contributed by atoms with Crippen LogP contribution in [-0.4, -0.2) is 49.4 Å². The topological polar surface area (TPSA) is 79.0 Å². The van der Waals surface area contributed by atoms with E-state index in [0.717, 1.165) is 0 Å². The molecule has 0 radical (unpaired) electrons. The molecule has 1 aliphatic rings. The fourth-order valence-electron chi connectivity index (χ4n) is 3.60. The fraction of sp³-hybridized carbons (Fsp3) is 0.348. The number of ether oxygens (including phenoxy) is 1. The number of hydrogen-bond donors (Lipinski definition) is 1. The van der Waals surface area contributed by atoms with Crippen molar-refractivity contribution in [1.29, 1.82) is 0 Å². The SMILES string of the molecule is CCN(CC)C(=O)c1ccc(NC(=O)C2CC(=O)N(c3cccc(OC)c3)C2)cc1Cl. The van der Waals surface area contributed by atoms with Gasteiger partial charge in [0.2, 0.25) is 11.8 Å². The molecule has 0 aromatic heterocycles. The summed E-state index contributed by atoms with van der Waals surface area (Å²) in [6, 6.07) is 12.0. The molecule has 0 bridgehead atoms. The Bertz CT molecular complexity index is 991. The van der Waals surface area contributed by atoms with Crippen molar-refractivity contribution in [3.8, 4) is 5.75 Å². The number of anilines is 2. The lowest BCUT2D eigenvalue weighted by atomic mass is 10.1. The van der Waals surface area contributed by atoms with E-state index in [0.29, 0.717) is 35.8 Å². The first-order valence-corrected chi connectivity index (χ1v) is 10.6. The van der Waals surface area contributed by atoms with Crippen LogP contribution in [0.15, 0.2) is 42.5 Å². The van der Waals surface area contributed by atoms with Gasteiger partial charge >= 0.3 is 0 Å². The van der Waals surface area contributed by atoms with E-state index in [1.165, 1.54) is 0 Å². The third-order valence-electron chi connectivity index (χ3n) is 5.38. The second-order valence-electron chi connectivity index (χ2n) is 7.27. The molecule has 0 saturated carbocycles. The molecule has 0 spiro atoms. The monoisotopic (exact) mass is 443 g/mol. The zero-order chi connectivity index (χ0) is 22.5. The molecule has 2 aromatic carbocycles. The molecule has 0 aliphatic carbocycles. The Hall–Kier alpha value is -3.06. The Balaban J connectivity index is 1.68. The summed E-state index contributed by atoms with van der Waals surface area (Å²) >= 11 is 6.31. The van der Waals surface area contributed by atoms with Crippen LogP contribution in [0, 0.1) is 5.92 Å². The third kappa shape index (κ3) is 4.99. The number of methoxy groups -OCH3 is 1. The van der Waals surface area contributed by atoms with Crippen LogP contribution < -0.4 is 15.0 Å². The van der Waals surface area contributed by atoms with Gasteiger partial charge in [0.05, 0.1) is 23.6 Å². The van der Waals surface area contributed by atoms with Gasteiger partial charge in [-0.1, -0.05) is 17.7 Å². The number of hydrogen-bond acceptors (Lipinski definition) is 4. The molecule has 164 valence electrons. The molecule has 3 amide bonds. The number of carbonyl (C=O) groups is 3. The number of rotatable bonds is 7. The first-order valence-electron chi connectivity index (χ1n) is 10.2.